The van der Waals surface area contributed by atoms with Crippen LogP contribution in [0.4, 0.5) is 14.5 Å². The first-order valence-electron chi connectivity index (χ1n) is 7.74. The van der Waals surface area contributed by atoms with Gasteiger partial charge in [-0.1, -0.05) is 26.0 Å². The van der Waals surface area contributed by atoms with Gasteiger partial charge in [0.2, 0.25) is 0 Å². The second-order valence-electron chi connectivity index (χ2n) is 6.05. The van der Waals surface area contributed by atoms with Crippen LogP contribution >= 0.6 is 0 Å². The third-order valence-electron chi connectivity index (χ3n) is 3.41. The van der Waals surface area contributed by atoms with E-state index >= 15 is 0 Å². The highest BCUT2D eigenvalue weighted by Gasteiger charge is 2.25. The Morgan fingerprint density at radius 2 is 2.04 bits per heavy atom. The lowest BCUT2D eigenvalue weighted by Gasteiger charge is -2.11. The van der Waals surface area contributed by atoms with Crippen molar-refractivity contribution < 1.29 is 23.5 Å². The van der Waals surface area contributed by atoms with Gasteiger partial charge in [0.25, 0.3) is 12.3 Å². The molecule has 6 nitrogen and oxygen atoms in total. The highest BCUT2D eigenvalue weighted by molar-refractivity contribution is 6.05. The number of anilines is 1. The molecule has 25 heavy (non-hydrogen) atoms. The normalized spacial score (nSPS) is 11.1. The fourth-order valence-corrected chi connectivity index (χ4v) is 2.42. The number of carboxylic acid groups (broad SMARTS) is 1. The van der Waals surface area contributed by atoms with Crippen molar-refractivity contribution in [1.82, 2.24) is 9.78 Å². The van der Waals surface area contributed by atoms with Crippen LogP contribution in [0, 0.1) is 5.92 Å². The fraction of sp³-hybridized carbons (Fsp3) is 0.353. The first-order valence-corrected chi connectivity index (χ1v) is 7.74. The number of aromatic nitrogens is 2. The number of amides is 1. The van der Waals surface area contributed by atoms with Crippen LogP contribution in [0.2, 0.25) is 0 Å². The molecule has 134 valence electrons. The molecule has 0 saturated heterocycles. The summed E-state index contributed by atoms with van der Waals surface area (Å²) in [6, 6.07) is 6.25. The van der Waals surface area contributed by atoms with Gasteiger partial charge in [-0.15, -0.1) is 0 Å². The summed E-state index contributed by atoms with van der Waals surface area (Å²) in [7, 11) is 0. The highest BCUT2D eigenvalue weighted by Crippen LogP contribution is 2.25. The number of aliphatic carboxylic acids is 1. The Labute approximate surface area is 143 Å². The molecule has 2 aromatic rings. The largest absolute Gasteiger partial charge is 0.481 e. The number of alkyl halides is 2. The van der Waals surface area contributed by atoms with Gasteiger partial charge in [-0.05, 0) is 23.6 Å². The maximum absolute atomic E-state index is 13.4. The number of rotatable bonds is 7. The van der Waals surface area contributed by atoms with Crippen LogP contribution in [-0.4, -0.2) is 26.8 Å². The summed E-state index contributed by atoms with van der Waals surface area (Å²) in [6.07, 6.45) is -1.90. The summed E-state index contributed by atoms with van der Waals surface area (Å²) in [5, 5.41) is 15.2. The molecule has 0 fully saturated rings. The zero-order valence-electron chi connectivity index (χ0n) is 13.9. The van der Waals surface area contributed by atoms with E-state index in [0.29, 0.717) is 11.3 Å². The Morgan fingerprint density at radius 3 is 2.64 bits per heavy atom. The summed E-state index contributed by atoms with van der Waals surface area (Å²) in [4.78, 5) is 23.1. The van der Waals surface area contributed by atoms with Crippen LogP contribution < -0.4 is 5.32 Å². The summed E-state index contributed by atoms with van der Waals surface area (Å²) < 4.78 is 27.9. The van der Waals surface area contributed by atoms with Gasteiger partial charge in [-0.3, -0.25) is 14.3 Å². The molecule has 0 bridgehead atoms. The van der Waals surface area contributed by atoms with Crippen molar-refractivity contribution in [3.63, 3.8) is 0 Å². The minimum Gasteiger partial charge on any atom is -0.481 e. The average Bonchev–Trinajstić information content (AvgIpc) is 2.90. The van der Waals surface area contributed by atoms with E-state index < -0.39 is 24.0 Å². The second-order valence-corrected chi connectivity index (χ2v) is 6.05. The van der Waals surface area contributed by atoms with Crippen molar-refractivity contribution in [3.05, 3.63) is 47.3 Å². The molecule has 1 heterocycles. The number of carboxylic acids is 1. The van der Waals surface area contributed by atoms with Gasteiger partial charge >= 0.3 is 5.97 Å². The third-order valence-corrected chi connectivity index (χ3v) is 3.41. The molecular formula is C17H19F2N3O3. The lowest BCUT2D eigenvalue weighted by atomic mass is 10.1. The van der Waals surface area contributed by atoms with Crippen molar-refractivity contribution in [2.24, 2.45) is 5.92 Å². The van der Waals surface area contributed by atoms with E-state index in [2.05, 4.69) is 10.4 Å². The molecule has 0 radical (unpaired) electrons. The quantitative estimate of drug-likeness (QED) is 0.801. The van der Waals surface area contributed by atoms with Crippen LogP contribution in [0.5, 0.6) is 0 Å². The molecule has 1 amide bonds. The Bertz CT molecular complexity index is 772. The molecule has 0 saturated carbocycles. The van der Waals surface area contributed by atoms with E-state index in [1.165, 1.54) is 6.07 Å². The van der Waals surface area contributed by atoms with Crippen LogP contribution in [0.15, 0.2) is 30.5 Å². The van der Waals surface area contributed by atoms with E-state index in [1.54, 1.807) is 18.2 Å². The van der Waals surface area contributed by atoms with Crippen molar-refractivity contribution in [2.45, 2.75) is 33.2 Å². The topological polar surface area (TPSA) is 84.2 Å². The molecule has 2 N–H and O–H groups in total. The van der Waals surface area contributed by atoms with Crippen LogP contribution in [0.25, 0.3) is 0 Å². The van der Waals surface area contributed by atoms with Crippen molar-refractivity contribution in [3.8, 4) is 0 Å². The molecule has 0 aliphatic heterocycles. The van der Waals surface area contributed by atoms with Crippen molar-refractivity contribution in [2.75, 3.05) is 5.32 Å². The van der Waals surface area contributed by atoms with Crippen LogP contribution in [-0.2, 0) is 17.8 Å². The van der Waals surface area contributed by atoms with Gasteiger partial charge in [-0.25, -0.2) is 8.78 Å². The van der Waals surface area contributed by atoms with Crippen molar-refractivity contribution in [1.29, 1.82) is 0 Å². The lowest BCUT2D eigenvalue weighted by Crippen LogP contribution is -2.16. The van der Waals surface area contributed by atoms with Gasteiger partial charge in [0.1, 0.15) is 5.69 Å². The van der Waals surface area contributed by atoms with E-state index in [4.69, 9.17) is 5.11 Å². The number of carbonyl (C=O) groups is 2. The SMILES string of the molecule is CC(C)Cn1ncc(C(=O)Nc2cccc(CC(=O)O)c2)c1C(F)F. The van der Waals surface area contributed by atoms with E-state index in [0.717, 1.165) is 10.9 Å². The highest BCUT2D eigenvalue weighted by atomic mass is 19.3. The number of benzene rings is 1. The molecule has 2 rings (SSSR count). The molecular weight excluding hydrogens is 332 g/mol. The molecule has 0 aliphatic carbocycles. The van der Waals surface area contributed by atoms with Gasteiger partial charge in [0, 0.05) is 12.2 Å². The summed E-state index contributed by atoms with van der Waals surface area (Å²) >= 11 is 0. The van der Waals surface area contributed by atoms with Crippen LogP contribution in [0.3, 0.4) is 0 Å². The number of nitrogens with zero attached hydrogens (tertiary/aromatic N) is 2. The number of carbonyl (C=O) groups excluding carboxylic acids is 1. The number of hydrogen-bond acceptors (Lipinski definition) is 3. The van der Waals surface area contributed by atoms with Crippen molar-refractivity contribution >= 4 is 17.6 Å². The maximum Gasteiger partial charge on any atom is 0.307 e. The lowest BCUT2D eigenvalue weighted by molar-refractivity contribution is -0.136. The summed E-state index contributed by atoms with van der Waals surface area (Å²) in [5.41, 5.74) is 0.211. The number of hydrogen-bond donors (Lipinski definition) is 2. The minimum atomic E-state index is -2.83. The zero-order chi connectivity index (χ0) is 18.6. The minimum absolute atomic E-state index is 0.0982. The van der Waals surface area contributed by atoms with Gasteiger partial charge in [0.15, 0.2) is 0 Å². The van der Waals surface area contributed by atoms with Gasteiger partial charge in [-0.2, -0.15) is 5.10 Å². The standard InChI is InChI=1S/C17H19F2N3O3/c1-10(2)9-22-15(16(18)19)13(8-20-22)17(25)21-12-5-3-4-11(6-12)7-14(23)24/h3-6,8,10,16H,7,9H2,1-2H3,(H,21,25)(H,23,24). The first-order chi connectivity index (χ1) is 11.8. The summed E-state index contributed by atoms with van der Waals surface area (Å²) in [5.74, 6) is -1.61. The Morgan fingerprint density at radius 1 is 1.32 bits per heavy atom. The monoisotopic (exact) mass is 351 g/mol. The fourth-order valence-electron chi connectivity index (χ4n) is 2.42. The predicted molar refractivity (Wildman–Crippen MR) is 87.8 cm³/mol. The Hall–Kier alpha value is -2.77. The molecule has 0 unspecified atom stereocenters. The number of nitrogens with one attached hydrogen (secondary N) is 1. The Kier molecular flexibility index (Phi) is 5.84. The number of halogens is 2. The van der Waals surface area contributed by atoms with E-state index in [1.807, 2.05) is 13.8 Å². The molecule has 0 atom stereocenters. The molecule has 8 heteroatoms. The maximum atomic E-state index is 13.4. The zero-order valence-corrected chi connectivity index (χ0v) is 13.9. The van der Waals surface area contributed by atoms with Crippen LogP contribution in [0.1, 0.15) is 41.9 Å². The summed E-state index contributed by atoms with van der Waals surface area (Å²) in [6.45, 7) is 4.01. The first kappa shape index (κ1) is 18.6. The second kappa shape index (κ2) is 7.87. The third kappa shape index (κ3) is 4.85. The molecule has 0 spiro atoms. The smallest absolute Gasteiger partial charge is 0.307 e. The molecule has 0 aliphatic rings. The van der Waals surface area contributed by atoms with Gasteiger partial charge < -0.3 is 10.4 Å². The average molecular weight is 351 g/mol. The molecule has 1 aromatic heterocycles. The van der Waals surface area contributed by atoms with E-state index in [-0.39, 0.29) is 24.4 Å². The van der Waals surface area contributed by atoms with Gasteiger partial charge in [0.05, 0.1) is 18.2 Å². The predicted octanol–water partition coefficient (Wildman–Crippen LogP) is 3.36. The Balaban J connectivity index is 2.24. The molecule has 1 aromatic carbocycles. The van der Waals surface area contributed by atoms with E-state index in [9.17, 15) is 18.4 Å².